The van der Waals surface area contributed by atoms with Crippen LogP contribution in [0, 0.1) is 13.8 Å². The van der Waals surface area contributed by atoms with E-state index in [4.69, 9.17) is 0 Å². The average Bonchev–Trinajstić information content (AvgIpc) is 3.17. The van der Waals surface area contributed by atoms with E-state index in [1.54, 1.807) is 4.52 Å². The number of hydrogen-bond acceptors (Lipinski definition) is 5. The van der Waals surface area contributed by atoms with Gasteiger partial charge in [-0.3, -0.25) is 19.8 Å². The number of H-pyrrole nitrogens is 2. The standard InChI is InChI=1S/C16H19N7O2/c1-8-10(9(2)23-13(19-8)5-14(24)22-23)7-18-16(25)15-11-6-17-4-3-12(11)20-21-15/h5,17H,3-4,6-7H2,1-2H3,(H,18,25)(H,20,21)(H,22,24). The molecule has 0 radical (unpaired) electrons. The van der Waals surface area contributed by atoms with Crippen LogP contribution in [-0.4, -0.2) is 37.2 Å². The minimum Gasteiger partial charge on any atom is -0.346 e. The molecule has 4 N–H and O–H groups in total. The number of aromatic amines is 2. The molecule has 0 aliphatic carbocycles. The maximum Gasteiger partial charge on any atom is 0.272 e. The molecule has 0 atom stereocenters. The second kappa shape index (κ2) is 5.85. The van der Waals surface area contributed by atoms with Gasteiger partial charge in [-0.05, 0) is 13.8 Å². The summed E-state index contributed by atoms with van der Waals surface area (Å²) in [5.41, 5.74) is 5.24. The molecule has 9 nitrogen and oxygen atoms in total. The van der Waals surface area contributed by atoms with Crippen molar-refractivity contribution >= 4 is 11.6 Å². The van der Waals surface area contributed by atoms with E-state index >= 15 is 0 Å². The van der Waals surface area contributed by atoms with Crippen molar-refractivity contribution in [1.29, 1.82) is 0 Å². The Hall–Kier alpha value is -2.94. The van der Waals surface area contributed by atoms with Gasteiger partial charge in [0.1, 0.15) is 0 Å². The number of rotatable bonds is 3. The largest absolute Gasteiger partial charge is 0.346 e. The summed E-state index contributed by atoms with van der Waals surface area (Å²) in [6.45, 7) is 5.60. The number of aromatic nitrogens is 5. The fraction of sp³-hybridized carbons (Fsp3) is 0.375. The van der Waals surface area contributed by atoms with Crippen molar-refractivity contribution < 1.29 is 4.79 Å². The van der Waals surface area contributed by atoms with E-state index in [1.807, 2.05) is 13.8 Å². The number of nitrogens with zero attached hydrogens (tertiary/aromatic N) is 3. The molecule has 0 aromatic carbocycles. The van der Waals surface area contributed by atoms with Crippen LogP contribution in [0.4, 0.5) is 0 Å². The fourth-order valence-electron chi connectivity index (χ4n) is 3.28. The van der Waals surface area contributed by atoms with Gasteiger partial charge in [-0.15, -0.1) is 0 Å². The van der Waals surface area contributed by atoms with Crippen molar-refractivity contribution in [3.05, 3.63) is 50.3 Å². The maximum absolute atomic E-state index is 12.5. The maximum atomic E-state index is 12.5. The van der Waals surface area contributed by atoms with Gasteiger partial charge < -0.3 is 10.6 Å². The van der Waals surface area contributed by atoms with Gasteiger partial charge in [-0.2, -0.15) is 5.10 Å². The van der Waals surface area contributed by atoms with Crippen LogP contribution in [0.2, 0.25) is 0 Å². The smallest absolute Gasteiger partial charge is 0.272 e. The number of carbonyl (C=O) groups is 1. The third-order valence-corrected chi connectivity index (χ3v) is 4.65. The molecule has 0 bridgehead atoms. The van der Waals surface area contributed by atoms with E-state index in [-0.39, 0.29) is 11.5 Å². The number of fused-ring (bicyclic) bond motifs is 2. The molecule has 1 aliphatic rings. The molecule has 4 heterocycles. The highest BCUT2D eigenvalue weighted by Crippen LogP contribution is 2.16. The zero-order chi connectivity index (χ0) is 17.6. The number of amides is 1. The van der Waals surface area contributed by atoms with Crippen molar-refractivity contribution in [2.75, 3.05) is 6.54 Å². The highest BCUT2D eigenvalue weighted by molar-refractivity contribution is 5.94. The summed E-state index contributed by atoms with van der Waals surface area (Å²) in [6, 6.07) is 1.45. The summed E-state index contributed by atoms with van der Waals surface area (Å²) >= 11 is 0. The first-order chi connectivity index (χ1) is 12.0. The molecule has 130 valence electrons. The second-order valence-corrected chi connectivity index (χ2v) is 6.21. The predicted molar refractivity (Wildman–Crippen MR) is 90.5 cm³/mol. The summed E-state index contributed by atoms with van der Waals surface area (Å²) in [6.07, 6.45) is 0.843. The summed E-state index contributed by atoms with van der Waals surface area (Å²) in [7, 11) is 0. The molecule has 3 aromatic heterocycles. The minimum atomic E-state index is -0.221. The lowest BCUT2D eigenvalue weighted by Gasteiger charge is -2.14. The van der Waals surface area contributed by atoms with Gasteiger partial charge in [0.25, 0.3) is 11.5 Å². The highest BCUT2D eigenvalue weighted by atomic mass is 16.2. The Kier molecular flexibility index (Phi) is 3.65. The van der Waals surface area contributed by atoms with E-state index in [0.29, 0.717) is 24.4 Å². The van der Waals surface area contributed by atoms with Crippen LogP contribution in [0.15, 0.2) is 10.9 Å². The molecule has 1 amide bonds. The summed E-state index contributed by atoms with van der Waals surface area (Å²) in [5, 5.41) is 16.0. The SMILES string of the molecule is Cc1nc2cc(=O)[nH]n2c(C)c1CNC(=O)c1n[nH]c2c1CNCC2. The van der Waals surface area contributed by atoms with Crippen LogP contribution in [-0.2, 0) is 19.5 Å². The lowest BCUT2D eigenvalue weighted by Crippen LogP contribution is -2.29. The third kappa shape index (κ3) is 2.62. The normalized spacial score (nSPS) is 13.8. The van der Waals surface area contributed by atoms with Gasteiger partial charge in [0.05, 0.1) is 0 Å². The van der Waals surface area contributed by atoms with Crippen molar-refractivity contribution in [2.45, 2.75) is 33.4 Å². The molecule has 4 rings (SSSR count). The van der Waals surface area contributed by atoms with Crippen molar-refractivity contribution in [2.24, 2.45) is 0 Å². The Labute approximate surface area is 142 Å². The van der Waals surface area contributed by atoms with Crippen LogP contribution in [0.1, 0.15) is 38.7 Å². The molecule has 0 saturated carbocycles. The molecule has 0 spiro atoms. The van der Waals surface area contributed by atoms with Crippen LogP contribution in [0.3, 0.4) is 0 Å². The first kappa shape index (κ1) is 15.6. The predicted octanol–water partition coefficient (Wildman–Crippen LogP) is -0.0618. The van der Waals surface area contributed by atoms with Crippen molar-refractivity contribution in [3.63, 3.8) is 0 Å². The first-order valence-corrected chi connectivity index (χ1v) is 8.17. The summed E-state index contributed by atoms with van der Waals surface area (Å²) < 4.78 is 1.64. The van der Waals surface area contributed by atoms with E-state index in [9.17, 15) is 9.59 Å². The van der Waals surface area contributed by atoms with Crippen LogP contribution >= 0.6 is 0 Å². The van der Waals surface area contributed by atoms with Gasteiger partial charge in [0.2, 0.25) is 0 Å². The minimum absolute atomic E-state index is 0.202. The van der Waals surface area contributed by atoms with E-state index in [0.717, 1.165) is 41.2 Å². The van der Waals surface area contributed by atoms with Gasteiger partial charge in [0.15, 0.2) is 11.3 Å². The number of aryl methyl sites for hydroxylation is 2. The summed E-state index contributed by atoms with van der Waals surface area (Å²) in [4.78, 5) is 28.5. The van der Waals surface area contributed by atoms with Crippen LogP contribution in [0.5, 0.6) is 0 Å². The first-order valence-electron chi connectivity index (χ1n) is 8.17. The molecule has 3 aromatic rings. The molecule has 1 aliphatic heterocycles. The third-order valence-electron chi connectivity index (χ3n) is 4.65. The number of hydrogen-bond donors (Lipinski definition) is 4. The molecule has 0 saturated heterocycles. The molecule has 9 heteroatoms. The topological polar surface area (TPSA) is 120 Å². The zero-order valence-electron chi connectivity index (χ0n) is 14.1. The molecular formula is C16H19N7O2. The lowest BCUT2D eigenvalue weighted by atomic mass is 10.1. The van der Waals surface area contributed by atoms with E-state index in [1.165, 1.54) is 6.07 Å². The Bertz CT molecular complexity index is 1030. The molecule has 0 unspecified atom stereocenters. The Morgan fingerprint density at radius 2 is 2.24 bits per heavy atom. The van der Waals surface area contributed by atoms with Crippen molar-refractivity contribution in [3.8, 4) is 0 Å². The van der Waals surface area contributed by atoms with Gasteiger partial charge >= 0.3 is 0 Å². The van der Waals surface area contributed by atoms with E-state index < -0.39 is 0 Å². The average molecular weight is 341 g/mol. The summed E-state index contributed by atoms with van der Waals surface area (Å²) in [5.74, 6) is -0.221. The lowest BCUT2D eigenvalue weighted by molar-refractivity contribution is 0.0944. The Balaban J connectivity index is 1.59. The second-order valence-electron chi connectivity index (χ2n) is 6.21. The monoisotopic (exact) mass is 341 g/mol. The zero-order valence-corrected chi connectivity index (χ0v) is 14.1. The van der Waals surface area contributed by atoms with Gasteiger partial charge in [-0.25, -0.2) is 9.50 Å². The fourth-order valence-corrected chi connectivity index (χ4v) is 3.28. The van der Waals surface area contributed by atoms with Gasteiger partial charge in [-0.1, -0.05) is 0 Å². The Morgan fingerprint density at radius 3 is 3.08 bits per heavy atom. The quantitative estimate of drug-likeness (QED) is 0.532. The van der Waals surface area contributed by atoms with E-state index in [2.05, 4.69) is 30.9 Å². The Morgan fingerprint density at radius 1 is 1.40 bits per heavy atom. The molecular weight excluding hydrogens is 322 g/mol. The van der Waals surface area contributed by atoms with Gasteiger partial charge in [0, 0.05) is 60.3 Å². The van der Waals surface area contributed by atoms with Crippen molar-refractivity contribution in [1.82, 2.24) is 35.4 Å². The molecule has 0 fully saturated rings. The number of nitrogens with one attached hydrogen (secondary N) is 4. The highest BCUT2D eigenvalue weighted by Gasteiger charge is 2.22. The number of carbonyl (C=O) groups excluding carboxylic acids is 1. The van der Waals surface area contributed by atoms with Crippen LogP contribution in [0.25, 0.3) is 5.65 Å². The molecule has 25 heavy (non-hydrogen) atoms. The van der Waals surface area contributed by atoms with Crippen LogP contribution < -0.4 is 16.2 Å².